The molecule has 0 spiro atoms. The Balaban J connectivity index is 1.95. The van der Waals surface area contributed by atoms with Crippen LogP contribution in [0.3, 0.4) is 0 Å². The molecule has 0 aliphatic rings. The summed E-state index contributed by atoms with van der Waals surface area (Å²) in [6, 6.07) is 12.1. The highest BCUT2D eigenvalue weighted by Crippen LogP contribution is 2.25. The molecule has 0 bridgehead atoms. The fourth-order valence-corrected chi connectivity index (χ4v) is 2.22. The van der Waals surface area contributed by atoms with Crippen LogP contribution in [-0.4, -0.2) is 18.8 Å². The maximum Gasteiger partial charge on any atom is 0.124 e. The molecule has 0 aliphatic carbocycles. The van der Waals surface area contributed by atoms with Gasteiger partial charge in [-0.25, -0.2) is 4.39 Å². The number of rotatable bonds is 6. The van der Waals surface area contributed by atoms with Gasteiger partial charge in [-0.05, 0) is 36.8 Å². The quantitative estimate of drug-likeness (QED) is 0.859. The van der Waals surface area contributed by atoms with Crippen molar-refractivity contribution in [3.63, 3.8) is 0 Å². The second-order valence-corrected chi connectivity index (χ2v) is 5.02. The Bertz CT molecular complexity index is 601. The van der Waals surface area contributed by atoms with Gasteiger partial charge in [-0.2, -0.15) is 0 Å². The van der Waals surface area contributed by atoms with Crippen LogP contribution in [0.25, 0.3) is 0 Å². The van der Waals surface area contributed by atoms with E-state index in [2.05, 4.69) is 5.32 Å². The average molecular weight is 289 g/mol. The zero-order chi connectivity index (χ0) is 15.2. The van der Waals surface area contributed by atoms with E-state index in [0.717, 1.165) is 16.7 Å². The van der Waals surface area contributed by atoms with E-state index in [9.17, 15) is 9.50 Å². The standard InChI is InChI=1S/C17H20FNO2/c1-12-6-7-17(21-2)15(8-12)16(20)11-19-10-13-4-3-5-14(18)9-13/h3-9,16,19-20H,10-11H2,1-2H3. The lowest BCUT2D eigenvalue weighted by Gasteiger charge is -2.16. The van der Waals surface area contributed by atoms with Gasteiger partial charge >= 0.3 is 0 Å². The smallest absolute Gasteiger partial charge is 0.124 e. The predicted molar refractivity (Wildman–Crippen MR) is 80.8 cm³/mol. The van der Waals surface area contributed by atoms with Crippen molar-refractivity contribution < 1.29 is 14.2 Å². The SMILES string of the molecule is COc1ccc(C)cc1C(O)CNCc1cccc(F)c1. The van der Waals surface area contributed by atoms with Crippen LogP contribution in [0.4, 0.5) is 4.39 Å². The van der Waals surface area contributed by atoms with Gasteiger partial charge in [-0.15, -0.1) is 0 Å². The summed E-state index contributed by atoms with van der Waals surface area (Å²) in [5.41, 5.74) is 2.66. The van der Waals surface area contributed by atoms with E-state index in [1.54, 1.807) is 13.2 Å². The minimum atomic E-state index is -0.673. The molecule has 0 aliphatic heterocycles. The predicted octanol–water partition coefficient (Wildman–Crippen LogP) is 2.97. The molecule has 0 aromatic heterocycles. The van der Waals surface area contributed by atoms with Crippen LogP contribution in [0.2, 0.25) is 0 Å². The van der Waals surface area contributed by atoms with E-state index in [1.807, 2.05) is 31.2 Å². The van der Waals surface area contributed by atoms with E-state index in [-0.39, 0.29) is 5.82 Å². The lowest BCUT2D eigenvalue weighted by atomic mass is 10.0. The summed E-state index contributed by atoms with van der Waals surface area (Å²) in [6.45, 7) is 2.84. The number of nitrogens with one attached hydrogen (secondary N) is 1. The van der Waals surface area contributed by atoms with Crippen molar-refractivity contribution in [1.82, 2.24) is 5.32 Å². The van der Waals surface area contributed by atoms with Crippen LogP contribution in [0.1, 0.15) is 22.8 Å². The Morgan fingerprint density at radius 2 is 2.05 bits per heavy atom. The molecule has 0 fully saturated rings. The molecule has 0 saturated carbocycles. The Kier molecular flexibility index (Phi) is 5.31. The lowest BCUT2D eigenvalue weighted by molar-refractivity contribution is 0.170. The van der Waals surface area contributed by atoms with Crippen molar-refractivity contribution in [2.75, 3.05) is 13.7 Å². The molecule has 2 rings (SSSR count). The van der Waals surface area contributed by atoms with E-state index in [0.29, 0.717) is 18.8 Å². The molecule has 0 saturated heterocycles. The normalized spacial score (nSPS) is 12.2. The number of ether oxygens (including phenoxy) is 1. The van der Waals surface area contributed by atoms with Crippen molar-refractivity contribution in [3.05, 3.63) is 65.0 Å². The van der Waals surface area contributed by atoms with Crippen LogP contribution in [0.15, 0.2) is 42.5 Å². The van der Waals surface area contributed by atoms with Crippen LogP contribution in [-0.2, 0) is 6.54 Å². The number of halogens is 1. The fourth-order valence-electron chi connectivity index (χ4n) is 2.22. The van der Waals surface area contributed by atoms with Crippen molar-refractivity contribution in [2.45, 2.75) is 19.6 Å². The Labute approximate surface area is 124 Å². The van der Waals surface area contributed by atoms with Crippen molar-refractivity contribution in [3.8, 4) is 5.75 Å². The minimum absolute atomic E-state index is 0.254. The molecule has 4 heteroatoms. The van der Waals surface area contributed by atoms with Gasteiger partial charge in [0.2, 0.25) is 0 Å². The largest absolute Gasteiger partial charge is 0.496 e. The third-order valence-electron chi connectivity index (χ3n) is 3.30. The summed E-state index contributed by atoms with van der Waals surface area (Å²) >= 11 is 0. The molecular formula is C17H20FNO2. The van der Waals surface area contributed by atoms with Gasteiger partial charge in [0.1, 0.15) is 11.6 Å². The maximum absolute atomic E-state index is 13.1. The van der Waals surface area contributed by atoms with Gasteiger partial charge in [-0.1, -0.05) is 23.8 Å². The van der Waals surface area contributed by atoms with E-state index in [1.165, 1.54) is 12.1 Å². The number of aryl methyl sites for hydroxylation is 1. The number of aliphatic hydroxyl groups is 1. The molecule has 0 radical (unpaired) electrons. The van der Waals surface area contributed by atoms with Crippen molar-refractivity contribution in [2.24, 2.45) is 0 Å². The molecule has 2 N–H and O–H groups in total. The monoisotopic (exact) mass is 289 g/mol. The minimum Gasteiger partial charge on any atom is -0.496 e. The first kappa shape index (κ1) is 15.5. The fraction of sp³-hybridized carbons (Fsp3) is 0.294. The summed E-state index contributed by atoms with van der Waals surface area (Å²) < 4.78 is 18.3. The molecule has 1 atom stereocenters. The van der Waals surface area contributed by atoms with Crippen molar-refractivity contribution >= 4 is 0 Å². The molecular weight excluding hydrogens is 269 g/mol. The first-order chi connectivity index (χ1) is 10.1. The summed E-state index contributed by atoms with van der Waals surface area (Å²) in [6.07, 6.45) is -0.673. The van der Waals surface area contributed by atoms with E-state index < -0.39 is 6.10 Å². The molecule has 2 aromatic rings. The average Bonchev–Trinajstić information content (AvgIpc) is 2.47. The summed E-state index contributed by atoms with van der Waals surface area (Å²) in [7, 11) is 1.58. The van der Waals surface area contributed by atoms with E-state index in [4.69, 9.17) is 4.74 Å². The number of hydrogen-bond donors (Lipinski definition) is 2. The molecule has 2 aromatic carbocycles. The summed E-state index contributed by atoms with van der Waals surface area (Å²) in [5.74, 6) is 0.413. The second-order valence-electron chi connectivity index (χ2n) is 5.02. The maximum atomic E-state index is 13.1. The van der Waals surface area contributed by atoms with Gasteiger partial charge in [0.25, 0.3) is 0 Å². The van der Waals surface area contributed by atoms with Crippen molar-refractivity contribution in [1.29, 1.82) is 0 Å². The van der Waals surface area contributed by atoms with E-state index >= 15 is 0 Å². The first-order valence-corrected chi connectivity index (χ1v) is 6.88. The third kappa shape index (κ3) is 4.28. The topological polar surface area (TPSA) is 41.5 Å². The molecule has 0 heterocycles. The number of aliphatic hydroxyl groups excluding tert-OH is 1. The molecule has 0 amide bonds. The first-order valence-electron chi connectivity index (χ1n) is 6.88. The number of benzene rings is 2. The Morgan fingerprint density at radius 1 is 1.24 bits per heavy atom. The van der Waals surface area contributed by atoms with Crippen LogP contribution in [0, 0.1) is 12.7 Å². The van der Waals surface area contributed by atoms with Gasteiger partial charge in [0.15, 0.2) is 0 Å². The van der Waals surface area contributed by atoms with Gasteiger partial charge in [-0.3, -0.25) is 0 Å². The number of methoxy groups -OCH3 is 1. The highest BCUT2D eigenvalue weighted by Gasteiger charge is 2.13. The van der Waals surface area contributed by atoms with Crippen LogP contribution < -0.4 is 10.1 Å². The van der Waals surface area contributed by atoms with Gasteiger partial charge in [0, 0.05) is 18.7 Å². The number of hydrogen-bond acceptors (Lipinski definition) is 3. The molecule has 21 heavy (non-hydrogen) atoms. The Hall–Kier alpha value is -1.91. The second kappa shape index (κ2) is 7.20. The highest BCUT2D eigenvalue weighted by atomic mass is 19.1. The van der Waals surface area contributed by atoms with Gasteiger partial charge < -0.3 is 15.2 Å². The van der Waals surface area contributed by atoms with Crippen LogP contribution in [0.5, 0.6) is 5.75 Å². The Morgan fingerprint density at radius 3 is 2.76 bits per heavy atom. The molecule has 3 nitrogen and oxygen atoms in total. The lowest BCUT2D eigenvalue weighted by Crippen LogP contribution is -2.21. The molecule has 112 valence electrons. The van der Waals surface area contributed by atoms with Crippen LogP contribution >= 0.6 is 0 Å². The zero-order valence-corrected chi connectivity index (χ0v) is 12.3. The third-order valence-corrected chi connectivity index (χ3v) is 3.30. The van der Waals surface area contributed by atoms with Gasteiger partial charge in [0.05, 0.1) is 13.2 Å². The summed E-state index contributed by atoms with van der Waals surface area (Å²) in [4.78, 5) is 0. The zero-order valence-electron chi connectivity index (χ0n) is 12.3. The summed E-state index contributed by atoms with van der Waals surface area (Å²) in [5, 5.41) is 13.4. The molecule has 1 unspecified atom stereocenters. The highest BCUT2D eigenvalue weighted by molar-refractivity contribution is 5.38.